The first-order valence-electron chi connectivity index (χ1n) is 18.5. The number of benzene rings is 4. The Kier molecular flexibility index (Phi) is 9.28. The summed E-state index contributed by atoms with van der Waals surface area (Å²) < 4.78 is 6.05. The van der Waals surface area contributed by atoms with Crippen LogP contribution in [0.1, 0.15) is 68.1 Å². The van der Waals surface area contributed by atoms with Crippen molar-refractivity contribution in [2.24, 2.45) is 5.16 Å². The lowest BCUT2D eigenvalue weighted by Crippen LogP contribution is -2.53. The molecule has 2 heterocycles. The molecule has 8 rings (SSSR count). The summed E-state index contributed by atoms with van der Waals surface area (Å²) in [5, 5.41) is 10.0. The highest BCUT2D eigenvalue weighted by Crippen LogP contribution is 2.45. The van der Waals surface area contributed by atoms with Gasteiger partial charge in [-0.05, 0) is 58.2 Å². The molecule has 1 spiro atoms. The molecule has 2 aliphatic heterocycles. The van der Waals surface area contributed by atoms with Crippen molar-refractivity contribution < 1.29 is 28.8 Å². The Morgan fingerprint density at radius 3 is 2.13 bits per heavy atom. The smallest absolute Gasteiger partial charge is 0.410 e. The first kappa shape index (κ1) is 34.3. The van der Waals surface area contributed by atoms with Crippen LogP contribution in [0.3, 0.4) is 0 Å². The highest BCUT2D eigenvalue weighted by Gasteiger charge is 2.55. The Labute approximate surface area is 308 Å². The second-order valence-corrected chi connectivity index (χ2v) is 14.5. The van der Waals surface area contributed by atoms with Gasteiger partial charge in [0.25, 0.3) is 5.91 Å². The van der Waals surface area contributed by atoms with Gasteiger partial charge in [0.2, 0.25) is 11.7 Å². The molecular weight excluding hydrogens is 668 g/mol. The van der Waals surface area contributed by atoms with E-state index < -0.39 is 41.4 Å². The number of nitrogens with zero attached hydrogens (tertiary/aromatic N) is 2. The zero-order valence-electron chi connectivity index (χ0n) is 29.6. The number of rotatable bonds is 11. The van der Waals surface area contributed by atoms with Crippen molar-refractivity contribution in [2.75, 3.05) is 13.2 Å². The van der Waals surface area contributed by atoms with Crippen LogP contribution < -0.4 is 10.6 Å². The van der Waals surface area contributed by atoms with Gasteiger partial charge in [0.15, 0.2) is 5.60 Å². The van der Waals surface area contributed by atoms with Crippen LogP contribution in [0.2, 0.25) is 0 Å². The predicted molar refractivity (Wildman–Crippen MR) is 200 cm³/mol. The van der Waals surface area contributed by atoms with Crippen molar-refractivity contribution in [3.63, 3.8) is 0 Å². The van der Waals surface area contributed by atoms with Crippen LogP contribution in [0.15, 0.2) is 108 Å². The van der Waals surface area contributed by atoms with Gasteiger partial charge in [-0.15, -0.1) is 0 Å². The van der Waals surface area contributed by atoms with E-state index in [0.717, 1.165) is 51.8 Å². The average Bonchev–Trinajstić information content (AvgIpc) is 3.65. The van der Waals surface area contributed by atoms with Crippen LogP contribution in [0.25, 0.3) is 22.3 Å². The molecule has 4 aliphatic rings. The normalized spacial score (nSPS) is 20.6. The van der Waals surface area contributed by atoms with Gasteiger partial charge in [-0.2, -0.15) is 0 Å². The first-order chi connectivity index (χ1) is 25.8. The molecule has 0 aromatic heterocycles. The van der Waals surface area contributed by atoms with Crippen LogP contribution in [-0.2, 0) is 24.0 Å². The van der Waals surface area contributed by atoms with E-state index in [1.54, 1.807) is 0 Å². The molecule has 10 nitrogen and oxygen atoms in total. The lowest BCUT2D eigenvalue weighted by Gasteiger charge is -2.26. The summed E-state index contributed by atoms with van der Waals surface area (Å²) in [5.41, 5.74) is 7.18. The molecule has 2 aliphatic carbocycles. The van der Waals surface area contributed by atoms with Crippen molar-refractivity contribution >= 4 is 29.4 Å². The number of oxime groups is 1. The maximum atomic E-state index is 14.1. The average molecular weight is 711 g/mol. The maximum absolute atomic E-state index is 14.1. The van der Waals surface area contributed by atoms with E-state index in [1.807, 2.05) is 73.7 Å². The summed E-state index contributed by atoms with van der Waals surface area (Å²) in [5.74, 6) is -2.08. The third kappa shape index (κ3) is 6.93. The van der Waals surface area contributed by atoms with Gasteiger partial charge in [0.1, 0.15) is 12.6 Å². The molecule has 270 valence electrons. The minimum absolute atomic E-state index is 0.00595. The molecular formula is C43H42N4O6. The predicted octanol–water partition coefficient (Wildman–Crippen LogP) is 6.37. The Morgan fingerprint density at radius 2 is 1.47 bits per heavy atom. The number of Topliss-reactive ketones (excluding diaryl/α,β-unsaturated/α-hetero) is 1. The zero-order valence-corrected chi connectivity index (χ0v) is 29.6. The van der Waals surface area contributed by atoms with E-state index in [1.165, 1.54) is 4.90 Å². The van der Waals surface area contributed by atoms with Crippen LogP contribution in [-0.4, -0.2) is 71.2 Å². The maximum Gasteiger partial charge on any atom is 0.410 e. The Hall–Kier alpha value is -5.77. The summed E-state index contributed by atoms with van der Waals surface area (Å²) in [6.45, 7) is 2.03. The number of carbonyl (C=O) groups excluding carboxylic acids is 4. The number of ether oxygens (including phenoxy) is 1. The number of hydrogen-bond acceptors (Lipinski definition) is 7. The molecule has 1 saturated heterocycles. The van der Waals surface area contributed by atoms with Crippen molar-refractivity contribution in [2.45, 2.75) is 75.1 Å². The van der Waals surface area contributed by atoms with E-state index >= 15 is 0 Å². The fraction of sp³-hybridized carbons (Fsp3) is 0.326. The van der Waals surface area contributed by atoms with Gasteiger partial charge in [-0.1, -0.05) is 122 Å². The van der Waals surface area contributed by atoms with Crippen molar-refractivity contribution in [1.29, 1.82) is 0 Å². The molecule has 2 N–H and O–H groups in total. The van der Waals surface area contributed by atoms with E-state index in [2.05, 4.69) is 52.2 Å². The fourth-order valence-electron chi connectivity index (χ4n) is 7.87. The number of carbonyl (C=O) groups is 4. The Bertz CT molecular complexity index is 2030. The van der Waals surface area contributed by atoms with E-state index in [9.17, 15) is 19.2 Å². The lowest BCUT2D eigenvalue weighted by atomic mass is 9.91. The van der Waals surface area contributed by atoms with E-state index in [0.29, 0.717) is 18.6 Å². The molecule has 0 bridgehead atoms. The highest BCUT2D eigenvalue weighted by atomic mass is 16.7. The van der Waals surface area contributed by atoms with Crippen LogP contribution in [0.4, 0.5) is 4.79 Å². The van der Waals surface area contributed by atoms with Crippen LogP contribution >= 0.6 is 0 Å². The van der Waals surface area contributed by atoms with Gasteiger partial charge in [-0.3, -0.25) is 19.3 Å². The summed E-state index contributed by atoms with van der Waals surface area (Å²) in [4.78, 5) is 61.7. The number of amides is 3. The molecule has 4 aromatic carbocycles. The zero-order chi connectivity index (χ0) is 36.5. The monoisotopic (exact) mass is 710 g/mol. The van der Waals surface area contributed by atoms with Gasteiger partial charge in [0, 0.05) is 24.8 Å². The molecule has 3 amide bonds. The third-order valence-electron chi connectivity index (χ3n) is 10.8. The second kappa shape index (κ2) is 14.3. The van der Waals surface area contributed by atoms with Crippen LogP contribution in [0, 0.1) is 0 Å². The molecule has 10 heteroatoms. The summed E-state index contributed by atoms with van der Waals surface area (Å²) >= 11 is 0. The fourth-order valence-corrected chi connectivity index (χ4v) is 7.87. The van der Waals surface area contributed by atoms with Crippen molar-refractivity contribution in [3.05, 3.63) is 120 Å². The molecule has 53 heavy (non-hydrogen) atoms. The number of likely N-dealkylation sites (tertiary alicyclic amines) is 1. The Morgan fingerprint density at radius 1 is 0.849 bits per heavy atom. The van der Waals surface area contributed by atoms with Gasteiger partial charge >= 0.3 is 6.09 Å². The molecule has 2 fully saturated rings. The molecule has 1 saturated carbocycles. The number of nitrogens with one attached hydrogen (secondary N) is 2. The molecule has 0 radical (unpaired) electrons. The summed E-state index contributed by atoms with van der Waals surface area (Å²) in [7, 11) is 0. The highest BCUT2D eigenvalue weighted by molar-refractivity contribution is 6.38. The molecule has 4 aromatic rings. The van der Waals surface area contributed by atoms with Gasteiger partial charge in [0.05, 0.1) is 18.3 Å². The quantitative estimate of drug-likeness (QED) is 0.174. The molecule has 3 atom stereocenters. The molecule has 0 unspecified atom stereocenters. The van der Waals surface area contributed by atoms with E-state index in [4.69, 9.17) is 9.57 Å². The minimum Gasteiger partial charge on any atom is -0.448 e. The number of hydrogen-bond donors (Lipinski definition) is 2. The summed E-state index contributed by atoms with van der Waals surface area (Å²) in [6.07, 6.45) is 2.39. The number of ketones is 1. The van der Waals surface area contributed by atoms with Crippen LogP contribution in [0.5, 0.6) is 0 Å². The lowest BCUT2D eigenvalue weighted by molar-refractivity contribution is -0.140. The largest absolute Gasteiger partial charge is 0.448 e. The SMILES string of the molecule is CCC[C@H](NC(=O)[C@@H]1C[C@]2(CC(c3ccc(-c4ccccc4)cc3)=NO2)CN1C(=O)OCC1c2ccccc2-c2ccccc21)C(=O)C(=O)NC1CC1. The van der Waals surface area contributed by atoms with Gasteiger partial charge in [-0.25, -0.2) is 4.79 Å². The van der Waals surface area contributed by atoms with Gasteiger partial charge < -0.3 is 20.2 Å². The summed E-state index contributed by atoms with van der Waals surface area (Å²) in [6, 6.07) is 32.3. The van der Waals surface area contributed by atoms with Crippen molar-refractivity contribution in [1.82, 2.24) is 15.5 Å². The first-order valence-corrected chi connectivity index (χ1v) is 18.5. The van der Waals surface area contributed by atoms with E-state index in [-0.39, 0.29) is 38.0 Å². The minimum atomic E-state index is -1.02. The number of fused-ring (bicyclic) bond motifs is 3. The Balaban J connectivity index is 1.01. The second-order valence-electron chi connectivity index (χ2n) is 14.5. The third-order valence-corrected chi connectivity index (χ3v) is 10.8. The topological polar surface area (TPSA) is 126 Å². The van der Waals surface area contributed by atoms with Crippen molar-refractivity contribution in [3.8, 4) is 22.3 Å². The standard InChI is InChI=1S/C43H42N4O6/c1-2-10-36(39(48)41(50)44-30-21-22-30)45-40(49)38-24-43(23-37(46-53-43)29-19-17-28(18-20-29)27-11-4-3-5-12-27)26-47(38)42(51)52-25-35-33-15-8-6-13-31(33)32-14-7-9-16-34(32)35/h3-9,11-20,30,35-36,38H,2,10,21-26H2,1H3,(H,44,50)(H,45,49)/t36-,38-,43+/m0/s1.